The zero-order valence-corrected chi connectivity index (χ0v) is 30.1. The Hall–Kier alpha value is -7.29. The Bertz CT molecular complexity index is 3140. The van der Waals surface area contributed by atoms with Gasteiger partial charge in [-0.2, -0.15) is 9.97 Å². The highest BCUT2D eigenvalue weighted by Gasteiger charge is 2.23. The first kappa shape index (κ1) is 31.3. The number of hydrogen-bond donors (Lipinski definition) is 0. The van der Waals surface area contributed by atoms with Gasteiger partial charge in [-0.05, 0) is 36.4 Å². The molecule has 55 heavy (non-hydrogen) atoms. The largest absolute Gasteiger partial charge is 0.309 e. The third-order valence-corrected chi connectivity index (χ3v) is 11.2. The normalized spacial score (nSPS) is 11.6. The first-order chi connectivity index (χ1) is 27.3. The second kappa shape index (κ2) is 12.7. The second-order valence-corrected chi connectivity index (χ2v) is 14.3. The Morgan fingerprint density at radius 3 is 1.35 bits per heavy atom. The molecule has 0 bridgehead atoms. The minimum atomic E-state index is 0.535. The maximum Gasteiger partial charge on any atom is 0.238 e. The standard InChI is InChI=1S/C47H29N7S/c1-4-16-30(17-5-1)43-48-44(31-18-6-2-7-19-31)50-47(49-43)54-40-29-13-11-23-34(40)36-25-15-27-38(42(36)54)46-52-51-45(55-46)37-26-14-24-35-33-22-10-12-28-39(33)53(41(35)37)32-20-8-3-9-21-32/h1-29H. The van der Waals surface area contributed by atoms with Crippen LogP contribution in [-0.2, 0) is 0 Å². The molecule has 7 nitrogen and oxygen atoms in total. The maximum atomic E-state index is 5.16. The zero-order chi connectivity index (χ0) is 36.3. The van der Waals surface area contributed by atoms with E-state index in [0.29, 0.717) is 17.6 Å². The van der Waals surface area contributed by atoms with Crippen molar-refractivity contribution in [2.75, 3.05) is 0 Å². The van der Waals surface area contributed by atoms with Crippen molar-refractivity contribution >= 4 is 54.9 Å². The lowest BCUT2D eigenvalue weighted by Gasteiger charge is -2.12. The van der Waals surface area contributed by atoms with Crippen molar-refractivity contribution in [3.63, 3.8) is 0 Å². The molecule has 0 unspecified atom stereocenters. The Kier molecular flexibility index (Phi) is 7.21. The fourth-order valence-corrected chi connectivity index (χ4v) is 8.67. The summed E-state index contributed by atoms with van der Waals surface area (Å²) in [6, 6.07) is 60.5. The molecule has 0 spiro atoms. The summed E-state index contributed by atoms with van der Waals surface area (Å²) in [4.78, 5) is 15.3. The summed E-state index contributed by atoms with van der Waals surface area (Å²) >= 11 is 1.59. The van der Waals surface area contributed by atoms with Crippen molar-refractivity contribution in [3.8, 4) is 55.6 Å². The maximum absolute atomic E-state index is 5.16. The smallest absolute Gasteiger partial charge is 0.238 e. The van der Waals surface area contributed by atoms with Crippen molar-refractivity contribution in [2.24, 2.45) is 0 Å². The predicted molar refractivity (Wildman–Crippen MR) is 224 cm³/mol. The third kappa shape index (κ3) is 5.07. The topological polar surface area (TPSA) is 74.3 Å². The van der Waals surface area contributed by atoms with E-state index in [9.17, 15) is 0 Å². The molecule has 0 amide bonds. The third-order valence-electron chi connectivity index (χ3n) is 10.2. The van der Waals surface area contributed by atoms with Crippen LogP contribution in [-0.4, -0.2) is 34.3 Å². The fraction of sp³-hybridized carbons (Fsp3) is 0. The second-order valence-electron chi connectivity index (χ2n) is 13.4. The summed E-state index contributed by atoms with van der Waals surface area (Å²) in [5.41, 5.74) is 9.14. The van der Waals surface area contributed by atoms with Gasteiger partial charge in [-0.25, -0.2) is 4.98 Å². The number of aromatic nitrogens is 7. The van der Waals surface area contributed by atoms with Crippen molar-refractivity contribution in [3.05, 3.63) is 176 Å². The van der Waals surface area contributed by atoms with Crippen molar-refractivity contribution in [1.82, 2.24) is 34.3 Å². The predicted octanol–water partition coefficient (Wildman–Crippen LogP) is 11.6. The number of fused-ring (bicyclic) bond motifs is 6. The highest BCUT2D eigenvalue weighted by Crippen LogP contribution is 2.43. The number of rotatable bonds is 6. The Morgan fingerprint density at radius 1 is 0.364 bits per heavy atom. The van der Waals surface area contributed by atoms with E-state index in [1.807, 2.05) is 60.7 Å². The van der Waals surface area contributed by atoms with Gasteiger partial charge in [-0.1, -0.05) is 151 Å². The zero-order valence-electron chi connectivity index (χ0n) is 29.3. The number of hydrogen-bond acceptors (Lipinski definition) is 6. The summed E-state index contributed by atoms with van der Waals surface area (Å²) < 4.78 is 4.50. The molecule has 0 aliphatic carbocycles. The molecule has 258 valence electrons. The lowest BCUT2D eigenvalue weighted by Crippen LogP contribution is -2.06. The fourth-order valence-electron chi connectivity index (χ4n) is 7.77. The molecule has 0 atom stereocenters. The van der Waals surface area contributed by atoms with Crippen LogP contribution < -0.4 is 0 Å². The monoisotopic (exact) mass is 723 g/mol. The molecule has 0 N–H and O–H groups in total. The lowest BCUT2D eigenvalue weighted by molar-refractivity contribution is 0.953. The van der Waals surface area contributed by atoms with Crippen molar-refractivity contribution < 1.29 is 0 Å². The number of para-hydroxylation sites is 5. The van der Waals surface area contributed by atoms with Gasteiger partial charge in [0, 0.05) is 49.5 Å². The van der Waals surface area contributed by atoms with Gasteiger partial charge in [0.15, 0.2) is 11.6 Å². The minimum Gasteiger partial charge on any atom is -0.309 e. The van der Waals surface area contributed by atoms with E-state index in [1.165, 1.54) is 10.8 Å². The van der Waals surface area contributed by atoms with E-state index >= 15 is 0 Å². The van der Waals surface area contributed by atoms with E-state index in [2.05, 4.69) is 124 Å². The van der Waals surface area contributed by atoms with E-state index < -0.39 is 0 Å². The van der Waals surface area contributed by atoms with Gasteiger partial charge < -0.3 is 4.57 Å². The quantitative estimate of drug-likeness (QED) is 0.171. The Morgan fingerprint density at radius 2 is 0.800 bits per heavy atom. The Balaban J connectivity index is 1.15. The van der Waals surface area contributed by atoms with Crippen LogP contribution in [0.25, 0.3) is 99.2 Å². The minimum absolute atomic E-state index is 0.535. The molecule has 0 aliphatic rings. The summed E-state index contributed by atoms with van der Waals surface area (Å²) in [6.07, 6.45) is 0. The summed E-state index contributed by atoms with van der Waals surface area (Å²) in [5.74, 6) is 1.74. The summed E-state index contributed by atoms with van der Waals surface area (Å²) in [5, 5.41) is 16.0. The van der Waals surface area contributed by atoms with Gasteiger partial charge in [-0.3, -0.25) is 4.57 Å². The molecule has 0 aliphatic heterocycles. The van der Waals surface area contributed by atoms with Crippen molar-refractivity contribution in [1.29, 1.82) is 0 Å². The average molecular weight is 724 g/mol. The van der Waals surface area contributed by atoms with Gasteiger partial charge in [0.05, 0.1) is 22.1 Å². The van der Waals surface area contributed by atoms with Crippen LogP contribution in [0.4, 0.5) is 0 Å². The molecule has 11 aromatic rings. The van der Waals surface area contributed by atoms with Gasteiger partial charge in [0.25, 0.3) is 0 Å². The van der Waals surface area contributed by atoms with Crippen LogP contribution in [0.15, 0.2) is 176 Å². The lowest BCUT2D eigenvalue weighted by atomic mass is 10.1. The average Bonchev–Trinajstić information content (AvgIpc) is 3.98. The van der Waals surface area contributed by atoms with Crippen LogP contribution >= 0.6 is 11.3 Å². The van der Waals surface area contributed by atoms with E-state index in [0.717, 1.165) is 70.8 Å². The molecule has 0 fully saturated rings. The Labute approximate surface area is 319 Å². The van der Waals surface area contributed by atoms with Crippen LogP contribution in [0.1, 0.15) is 0 Å². The molecular weight excluding hydrogens is 695 g/mol. The number of benzene rings is 7. The molecule has 4 aromatic heterocycles. The molecule has 0 saturated heterocycles. The molecule has 4 heterocycles. The molecule has 0 saturated carbocycles. The highest BCUT2D eigenvalue weighted by atomic mass is 32.1. The van der Waals surface area contributed by atoms with Crippen molar-refractivity contribution in [2.45, 2.75) is 0 Å². The van der Waals surface area contributed by atoms with Crippen LogP contribution in [0.5, 0.6) is 0 Å². The first-order valence-corrected chi connectivity index (χ1v) is 18.9. The van der Waals surface area contributed by atoms with Crippen LogP contribution in [0.3, 0.4) is 0 Å². The first-order valence-electron chi connectivity index (χ1n) is 18.1. The molecule has 0 radical (unpaired) electrons. The molecule has 11 rings (SSSR count). The highest BCUT2D eigenvalue weighted by molar-refractivity contribution is 7.18. The summed E-state index contributed by atoms with van der Waals surface area (Å²) in [6.45, 7) is 0. The molecule has 8 heteroatoms. The van der Waals surface area contributed by atoms with Gasteiger partial charge >= 0.3 is 0 Å². The van der Waals surface area contributed by atoms with Crippen LogP contribution in [0, 0.1) is 0 Å². The van der Waals surface area contributed by atoms with E-state index in [4.69, 9.17) is 25.1 Å². The van der Waals surface area contributed by atoms with E-state index in [-0.39, 0.29) is 0 Å². The molecular formula is C47H29N7S. The van der Waals surface area contributed by atoms with Gasteiger partial charge in [0.2, 0.25) is 5.95 Å². The molecule has 7 aromatic carbocycles. The SMILES string of the molecule is c1ccc(-c2nc(-c3ccccc3)nc(-n3c4ccccc4c4cccc(-c5nnc(-c6cccc7c8ccccc8n(-c8ccccc8)c67)s5)c43)n2)cc1. The van der Waals surface area contributed by atoms with Gasteiger partial charge in [0.1, 0.15) is 10.0 Å². The van der Waals surface area contributed by atoms with E-state index in [1.54, 1.807) is 11.3 Å². The van der Waals surface area contributed by atoms with Gasteiger partial charge in [-0.15, -0.1) is 10.2 Å². The number of nitrogens with zero attached hydrogens (tertiary/aromatic N) is 7. The summed E-state index contributed by atoms with van der Waals surface area (Å²) in [7, 11) is 0. The van der Waals surface area contributed by atoms with Crippen LogP contribution in [0.2, 0.25) is 0 Å².